The van der Waals surface area contributed by atoms with E-state index in [0.717, 1.165) is 91.6 Å². The van der Waals surface area contributed by atoms with E-state index in [0.29, 0.717) is 24.8 Å². The number of nitrogens with zero attached hydrogens (tertiary/aromatic N) is 2. The third-order valence-corrected chi connectivity index (χ3v) is 9.00. The highest BCUT2D eigenvalue weighted by atomic mass is 16.6. The van der Waals surface area contributed by atoms with Gasteiger partial charge in [-0.1, -0.05) is 81.5 Å². The Labute approximate surface area is 279 Å². The minimum Gasteiger partial charge on any atom is -0.474 e. The first-order valence-corrected chi connectivity index (χ1v) is 17.4. The monoisotopic (exact) mass is 638 g/mol. The third-order valence-electron chi connectivity index (χ3n) is 9.00. The van der Waals surface area contributed by atoms with E-state index in [1.165, 1.54) is 26.4 Å². The summed E-state index contributed by atoms with van der Waals surface area (Å²) in [6.45, 7) is 3.75. The number of anilines is 1. The van der Waals surface area contributed by atoms with Crippen LogP contribution in [-0.2, 0) is 27.3 Å². The van der Waals surface area contributed by atoms with Crippen molar-refractivity contribution in [2.24, 2.45) is 0 Å². The SMILES string of the molecule is CCCCc1nc2ccc(NCCCCCC(=O)NC3CCCCC3)cc2n1Cc1ccc(OC(C(=O)OC)c2ccccc2)cc1. The van der Waals surface area contributed by atoms with Gasteiger partial charge in [-0.15, -0.1) is 0 Å². The van der Waals surface area contributed by atoms with Crippen LogP contribution in [0.5, 0.6) is 5.75 Å². The van der Waals surface area contributed by atoms with Crippen molar-refractivity contribution in [2.75, 3.05) is 19.0 Å². The first-order valence-electron chi connectivity index (χ1n) is 17.4. The van der Waals surface area contributed by atoms with Crippen LogP contribution in [0.4, 0.5) is 5.69 Å². The molecule has 47 heavy (non-hydrogen) atoms. The number of hydrogen-bond donors (Lipinski definition) is 2. The average Bonchev–Trinajstić information content (AvgIpc) is 3.44. The Morgan fingerprint density at radius 2 is 1.72 bits per heavy atom. The lowest BCUT2D eigenvalue weighted by Crippen LogP contribution is -2.35. The van der Waals surface area contributed by atoms with E-state index in [9.17, 15) is 9.59 Å². The normalized spacial score (nSPS) is 14.1. The molecule has 4 aromatic rings. The van der Waals surface area contributed by atoms with Crippen molar-refractivity contribution in [1.82, 2.24) is 14.9 Å². The van der Waals surface area contributed by atoms with Crippen LogP contribution in [0.2, 0.25) is 0 Å². The number of aryl methyl sites for hydroxylation is 1. The molecule has 1 amide bonds. The number of aromatic nitrogens is 2. The predicted octanol–water partition coefficient (Wildman–Crippen LogP) is 8.14. The summed E-state index contributed by atoms with van der Waals surface area (Å²) >= 11 is 0. The Morgan fingerprint density at radius 1 is 0.936 bits per heavy atom. The molecular weight excluding hydrogens is 588 g/mol. The van der Waals surface area contributed by atoms with Gasteiger partial charge in [0.15, 0.2) is 0 Å². The number of carbonyl (C=O) groups excluding carboxylic acids is 2. The molecule has 1 aromatic heterocycles. The second kappa shape index (κ2) is 17.5. The zero-order chi connectivity index (χ0) is 32.8. The zero-order valence-electron chi connectivity index (χ0n) is 28.0. The molecule has 5 rings (SSSR count). The predicted molar refractivity (Wildman–Crippen MR) is 188 cm³/mol. The average molecular weight is 639 g/mol. The van der Waals surface area contributed by atoms with Gasteiger partial charge >= 0.3 is 5.97 Å². The van der Waals surface area contributed by atoms with Crippen LogP contribution >= 0.6 is 0 Å². The van der Waals surface area contributed by atoms with Gasteiger partial charge in [-0.05, 0) is 68.0 Å². The number of benzene rings is 3. The van der Waals surface area contributed by atoms with Gasteiger partial charge < -0.3 is 24.7 Å². The van der Waals surface area contributed by atoms with Crippen molar-refractivity contribution in [3.8, 4) is 5.75 Å². The van der Waals surface area contributed by atoms with Crippen LogP contribution < -0.4 is 15.4 Å². The molecule has 3 aromatic carbocycles. The largest absolute Gasteiger partial charge is 0.474 e. The zero-order valence-corrected chi connectivity index (χ0v) is 28.0. The number of hydrogen-bond acceptors (Lipinski definition) is 6. The van der Waals surface area contributed by atoms with Crippen molar-refractivity contribution >= 4 is 28.6 Å². The number of nitrogens with one attached hydrogen (secondary N) is 2. The van der Waals surface area contributed by atoms with Crippen LogP contribution in [0, 0.1) is 0 Å². The number of rotatable bonds is 17. The number of imidazole rings is 1. The Hall–Kier alpha value is -4.33. The van der Waals surface area contributed by atoms with Gasteiger partial charge in [0.1, 0.15) is 11.6 Å². The van der Waals surface area contributed by atoms with Gasteiger partial charge in [0.2, 0.25) is 12.0 Å². The van der Waals surface area contributed by atoms with Crippen molar-refractivity contribution in [2.45, 2.75) is 103 Å². The Morgan fingerprint density at radius 3 is 2.47 bits per heavy atom. The quantitative estimate of drug-likeness (QED) is 0.0896. The summed E-state index contributed by atoms with van der Waals surface area (Å²) in [5.74, 6) is 1.46. The standard InChI is InChI=1S/C39H50N4O4/c1-3-4-18-36-42-34-25-22-32(40-26-13-7-12-19-37(44)41-31-16-10-6-11-17-31)27-35(34)43(36)28-29-20-23-33(24-21-29)47-38(39(45)46-2)30-14-8-5-9-15-30/h5,8-9,14-15,20-25,27,31,38,40H,3-4,6-7,10-13,16-19,26,28H2,1-2H3,(H,41,44). The van der Waals surface area contributed by atoms with Gasteiger partial charge in [0, 0.05) is 43.2 Å². The molecule has 0 aliphatic heterocycles. The number of ether oxygens (including phenoxy) is 2. The number of carbonyl (C=O) groups is 2. The number of esters is 1. The van der Waals surface area contributed by atoms with Gasteiger partial charge in [-0.2, -0.15) is 0 Å². The number of methoxy groups -OCH3 is 1. The Balaban J connectivity index is 1.19. The number of amides is 1. The van der Waals surface area contributed by atoms with E-state index in [2.05, 4.69) is 40.3 Å². The van der Waals surface area contributed by atoms with E-state index in [4.69, 9.17) is 14.5 Å². The van der Waals surface area contributed by atoms with Crippen LogP contribution in [0.15, 0.2) is 72.8 Å². The summed E-state index contributed by atoms with van der Waals surface area (Å²) in [6, 6.07) is 24.1. The number of unbranched alkanes of at least 4 members (excludes halogenated alkanes) is 3. The molecular formula is C39H50N4O4. The maximum Gasteiger partial charge on any atom is 0.351 e. The van der Waals surface area contributed by atoms with Gasteiger partial charge in [0.05, 0.1) is 18.1 Å². The van der Waals surface area contributed by atoms with Crippen LogP contribution in [0.25, 0.3) is 11.0 Å². The molecule has 8 heteroatoms. The Bertz CT molecular complexity index is 1560. The molecule has 0 spiro atoms. The van der Waals surface area contributed by atoms with E-state index in [-0.39, 0.29) is 5.91 Å². The van der Waals surface area contributed by atoms with Crippen molar-refractivity contribution in [1.29, 1.82) is 0 Å². The van der Waals surface area contributed by atoms with E-state index >= 15 is 0 Å². The molecule has 0 radical (unpaired) electrons. The molecule has 0 bridgehead atoms. The molecule has 1 atom stereocenters. The minimum atomic E-state index is -0.832. The number of fused-ring (bicyclic) bond motifs is 1. The molecule has 250 valence electrons. The maximum absolute atomic E-state index is 12.5. The maximum atomic E-state index is 12.5. The summed E-state index contributed by atoms with van der Waals surface area (Å²) in [6.07, 6.45) is 11.9. The third kappa shape index (κ3) is 9.83. The highest BCUT2D eigenvalue weighted by molar-refractivity contribution is 5.80. The Kier molecular flexibility index (Phi) is 12.7. The molecule has 0 saturated heterocycles. The van der Waals surface area contributed by atoms with E-state index in [1.54, 1.807) is 0 Å². The lowest BCUT2D eigenvalue weighted by molar-refractivity contribution is -0.149. The van der Waals surface area contributed by atoms with Crippen LogP contribution in [0.3, 0.4) is 0 Å². The molecule has 1 aliphatic carbocycles. The molecule has 8 nitrogen and oxygen atoms in total. The molecule has 1 heterocycles. The van der Waals surface area contributed by atoms with Crippen molar-refractivity contribution < 1.29 is 19.1 Å². The highest BCUT2D eigenvalue weighted by Gasteiger charge is 2.23. The molecule has 1 aliphatic rings. The second-order valence-electron chi connectivity index (χ2n) is 12.6. The summed E-state index contributed by atoms with van der Waals surface area (Å²) in [4.78, 5) is 29.8. The van der Waals surface area contributed by atoms with Crippen LogP contribution in [-0.4, -0.2) is 41.1 Å². The summed E-state index contributed by atoms with van der Waals surface area (Å²) in [5, 5.41) is 6.82. The van der Waals surface area contributed by atoms with Crippen LogP contribution in [0.1, 0.15) is 101 Å². The first-order chi connectivity index (χ1) is 23.0. The van der Waals surface area contributed by atoms with Gasteiger partial charge in [0.25, 0.3) is 0 Å². The topological polar surface area (TPSA) is 94.5 Å². The summed E-state index contributed by atoms with van der Waals surface area (Å²) < 4.78 is 13.4. The lowest BCUT2D eigenvalue weighted by atomic mass is 9.95. The van der Waals surface area contributed by atoms with Crippen molar-refractivity contribution in [3.63, 3.8) is 0 Å². The minimum absolute atomic E-state index is 0.210. The second-order valence-corrected chi connectivity index (χ2v) is 12.6. The fourth-order valence-electron chi connectivity index (χ4n) is 6.33. The smallest absolute Gasteiger partial charge is 0.351 e. The lowest BCUT2D eigenvalue weighted by Gasteiger charge is -2.22. The highest BCUT2D eigenvalue weighted by Crippen LogP contribution is 2.26. The first kappa shape index (κ1) is 34.0. The van der Waals surface area contributed by atoms with Gasteiger partial charge in [-0.3, -0.25) is 4.79 Å². The summed E-state index contributed by atoms with van der Waals surface area (Å²) in [5.41, 5.74) is 5.05. The molecule has 1 fully saturated rings. The van der Waals surface area contributed by atoms with Crippen molar-refractivity contribution in [3.05, 3.63) is 89.7 Å². The van der Waals surface area contributed by atoms with Gasteiger partial charge in [-0.25, -0.2) is 9.78 Å². The fourth-order valence-corrected chi connectivity index (χ4v) is 6.33. The summed E-state index contributed by atoms with van der Waals surface area (Å²) in [7, 11) is 1.37. The molecule has 2 N–H and O–H groups in total. The molecule has 1 saturated carbocycles. The van der Waals surface area contributed by atoms with E-state index < -0.39 is 12.1 Å². The van der Waals surface area contributed by atoms with E-state index in [1.807, 2.05) is 54.6 Å². The fraction of sp³-hybridized carbons (Fsp3) is 0.462. The molecule has 1 unspecified atom stereocenters.